The first kappa shape index (κ1) is 66.8. The van der Waals surface area contributed by atoms with Crippen LogP contribution in [0.5, 0.6) is 0 Å². The quantitative estimate of drug-likeness (QED) is 0.168. The van der Waals surface area contributed by atoms with Crippen molar-refractivity contribution in [2.75, 3.05) is 0 Å². The number of furan rings is 1. The zero-order valence-corrected chi connectivity index (χ0v) is 58.2. The van der Waals surface area contributed by atoms with Gasteiger partial charge in [0.05, 0.1) is 0 Å². The number of fused-ring (bicyclic) bond motifs is 9. The molecule has 0 unspecified atom stereocenters. The summed E-state index contributed by atoms with van der Waals surface area (Å²) >= 11 is 1.88. The molecule has 468 valence electrons. The number of hydrogen-bond acceptors (Lipinski definition) is 2. The second kappa shape index (κ2) is 31.0. The molecule has 0 aliphatic heterocycles. The molecular formula is C92H88OS. The Morgan fingerprint density at radius 3 is 1.03 bits per heavy atom. The Bertz CT molecular complexity index is 4840. The van der Waals surface area contributed by atoms with Gasteiger partial charge < -0.3 is 4.42 Å². The summed E-state index contributed by atoms with van der Waals surface area (Å²) in [5.41, 5.74) is 25.9. The minimum atomic E-state index is 0.973. The van der Waals surface area contributed by atoms with Gasteiger partial charge >= 0.3 is 0 Å². The second-order valence-corrected chi connectivity index (χ2v) is 26.4. The molecule has 0 saturated heterocycles. The molecule has 0 radical (unpaired) electrons. The standard InChI is InChI=1S/C14H12O.C14H12S.2C14H14.3C12H12/c2*1-9-3-5-13-11(7-9)12-8-10(2)4-6-14(12)15-13;1-11-6-5-8-13(10-11)14-9-4-3-7-12(14)2;1-11-7-6-8-12(2)14(11)13-9-4-3-5-10-13;1-9-3-5-12-8-10(2)4-6-11(12)7-9;1-9-5-3-8-12-10(2)6-4-7-11(9)12;1-9-7-8-10(2)12-6-4-3-5-11(9)12/h2*3-8H,1-2H3;2*3-10H,1-2H3;3*3-8H,1-2H3. The molecule has 0 bridgehead atoms. The first-order valence-electron chi connectivity index (χ1n) is 32.8. The van der Waals surface area contributed by atoms with Crippen molar-refractivity contribution >= 4 is 85.8 Å². The molecule has 0 spiro atoms. The van der Waals surface area contributed by atoms with Gasteiger partial charge in [0, 0.05) is 30.9 Å². The minimum absolute atomic E-state index is 0.973. The van der Waals surface area contributed by atoms with Crippen LogP contribution >= 0.6 is 11.3 Å². The van der Waals surface area contributed by atoms with Gasteiger partial charge in [0.1, 0.15) is 11.2 Å². The van der Waals surface area contributed by atoms with Crippen LogP contribution in [-0.2, 0) is 0 Å². The summed E-state index contributed by atoms with van der Waals surface area (Å²) in [4.78, 5) is 0. The van der Waals surface area contributed by atoms with E-state index >= 15 is 0 Å². The summed E-state index contributed by atoms with van der Waals surface area (Å²) in [6, 6.07) is 99.0. The van der Waals surface area contributed by atoms with Crippen LogP contribution in [0.2, 0.25) is 0 Å². The number of hydrogen-bond donors (Lipinski definition) is 0. The van der Waals surface area contributed by atoms with Crippen LogP contribution in [0.15, 0.2) is 283 Å². The second-order valence-electron chi connectivity index (χ2n) is 25.4. The average Bonchev–Trinajstić information content (AvgIpc) is 1.66. The highest BCUT2D eigenvalue weighted by molar-refractivity contribution is 7.25. The molecule has 0 aliphatic carbocycles. The molecule has 14 aromatic carbocycles. The summed E-state index contributed by atoms with van der Waals surface area (Å²) in [7, 11) is 0. The van der Waals surface area contributed by atoms with Crippen molar-refractivity contribution < 1.29 is 4.42 Å². The summed E-state index contributed by atoms with van der Waals surface area (Å²) in [6.07, 6.45) is 0. The molecular weight excluding hydrogens is 1150 g/mol. The van der Waals surface area contributed by atoms with E-state index in [1.807, 2.05) is 23.5 Å². The Hall–Kier alpha value is -10.1. The van der Waals surface area contributed by atoms with Crippen LogP contribution in [0.4, 0.5) is 0 Å². The van der Waals surface area contributed by atoms with Gasteiger partial charge in [-0.25, -0.2) is 0 Å². The van der Waals surface area contributed by atoms with Gasteiger partial charge in [-0.1, -0.05) is 269 Å². The molecule has 2 heteroatoms. The van der Waals surface area contributed by atoms with Crippen LogP contribution in [0.1, 0.15) is 77.9 Å². The van der Waals surface area contributed by atoms with E-state index in [4.69, 9.17) is 4.42 Å². The molecule has 2 aromatic heterocycles. The Balaban J connectivity index is 0.000000120. The molecule has 94 heavy (non-hydrogen) atoms. The van der Waals surface area contributed by atoms with E-state index in [0.717, 1.165) is 11.2 Å². The maximum absolute atomic E-state index is 5.76. The fraction of sp³-hybridized carbons (Fsp3) is 0.152. The highest BCUT2D eigenvalue weighted by atomic mass is 32.1. The summed E-state index contributed by atoms with van der Waals surface area (Å²) in [6.45, 7) is 30.0. The summed E-state index contributed by atoms with van der Waals surface area (Å²) < 4.78 is 8.54. The topological polar surface area (TPSA) is 13.1 Å². The van der Waals surface area contributed by atoms with Crippen molar-refractivity contribution in [3.63, 3.8) is 0 Å². The zero-order chi connectivity index (χ0) is 66.4. The van der Waals surface area contributed by atoms with E-state index in [9.17, 15) is 0 Å². The number of aryl methyl sites for hydroxylation is 14. The molecule has 1 nitrogen and oxygen atoms in total. The van der Waals surface area contributed by atoms with Crippen LogP contribution in [-0.4, -0.2) is 0 Å². The summed E-state index contributed by atoms with van der Waals surface area (Å²) in [5, 5.41) is 13.4. The van der Waals surface area contributed by atoms with E-state index in [1.54, 1.807) is 0 Å². The highest BCUT2D eigenvalue weighted by Gasteiger charge is 2.09. The minimum Gasteiger partial charge on any atom is -0.456 e. The van der Waals surface area contributed by atoms with Gasteiger partial charge in [-0.3, -0.25) is 0 Å². The fourth-order valence-corrected chi connectivity index (χ4v) is 13.4. The molecule has 0 N–H and O–H groups in total. The lowest BCUT2D eigenvalue weighted by Gasteiger charge is -2.09. The molecule has 0 saturated carbocycles. The SMILES string of the molecule is Cc1ccc(C)c2ccccc12.Cc1ccc2cc(C)ccc2c1.Cc1ccc2oc3ccc(C)cc3c2c1.Cc1ccc2sc3ccc(C)cc3c2c1.Cc1cccc(-c2ccccc2C)c1.Cc1cccc(C)c1-c1ccccc1.Cc1cccc2c(C)cccc12. The first-order chi connectivity index (χ1) is 45.4. The largest absolute Gasteiger partial charge is 0.456 e. The molecule has 16 aromatic rings. The van der Waals surface area contributed by atoms with Crippen molar-refractivity contribution in [3.8, 4) is 22.3 Å². The average molecular weight is 1240 g/mol. The first-order valence-corrected chi connectivity index (χ1v) is 33.6. The van der Waals surface area contributed by atoms with E-state index in [1.165, 1.54) is 163 Å². The fourth-order valence-electron chi connectivity index (χ4n) is 12.3. The Morgan fingerprint density at radius 2 is 0.553 bits per heavy atom. The van der Waals surface area contributed by atoms with Crippen LogP contribution in [0.25, 0.3) is 96.7 Å². The smallest absolute Gasteiger partial charge is 0.135 e. The monoisotopic (exact) mass is 1240 g/mol. The van der Waals surface area contributed by atoms with Crippen molar-refractivity contribution in [1.29, 1.82) is 0 Å². The van der Waals surface area contributed by atoms with Crippen LogP contribution < -0.4 is 0 Å². The maximum atomic E-state index is 5.76. The van der Waals surface area contributed by atoms with Gasteiger partial charge in [-0.05, 0) is 239 Å². The predicted octanol–water partition coefficient (Wildman–Crippen LogP) is 27.2. The number of rotatable bonds is 2. The van der Waals surface area contributed by atoms with Gasteiger partial charge in [-0.15, -0.1) is 11.3 Å². The molecule has 2 heterocycles. The summed E-state index contributed by atoms with van der Waals surface area (Å²) in [5.74, 6) is 0. The van der Waals surface area contributed by atoms with Crippen molar-refractivity contribution in [1.82, 2.24) is 0 Å². The van der Waals surface area contributed by atoms with E-state index in [2.05, 4.69) is 364 Å². The third-order valence-corrected chi connectivity index (χ3v) is 18.6. The van der Waals surface area contributed by atoms with Gasteiger partial charge in [0.15, 0.2) is 0 Å². The number of thiophene rings is 1. The van der Waals surface area contributed by atoms with Gasteiger partial charge in [-0.2, -0.15) is 0 Å². The number of benzene rings is 14. The third kappa shape index (κ3) is 16.7. The Morgan fingerprint density at radius 1 is 0.213 bits per heavy atom. The molecule has 0 fully saturated rings. The molecule has 0 atom stereocenters. The van der Waals surface area contributed by atoms with Gasteiger partial charge in [0.2, 0.25) is 0 Å². The Labute approximate surface area is 562 Å². The van der Waals surface area contributed by atoms with E-state index < -0.39 is 0 Å². The molecule has 0 amide bonds. The van der Waals surface area contributed by atoms with Crippen LogP contribution in [0, 0.1) is 96.9 Å². The van der Waals surface area contributed by atoms with Crippen molar-refractivity contribution in [3.05, 3.63) is 357 Å². The third-order valence-electron chi connectivity index (χ3n) is 17.4. The van der Waals surface area contributed by atoms with E-state index in [0.29, 0.717) is 0 Å². The van der Waals surface area contributed by atoms with Crippen LogP contribution in [0.3, 0.4) is 0 Å². The lowest BCUT2D eigenvalue weighted by atomic mass is 9.96. The van der Waals surface area contributed by atoms with Gasteiger partial charge in [0.25, 0.3) is 0 Å². The van der Waals surface area contributed by atoms with Crippen molar-refractivity contribution in [2.24, 2.45) is 0 Å². The zero-order valence-electron chi connectivity index (χ0n) is 57.4. The lowest BCUT2D eigenvalue weighted by molar-refractivity contribution is 0.669. The van der Waals surface area contributed by atoms with E-state index in [-0.39, 0.29) is 0 Å². The normalized spacial score (nSPS) is 10.7. The van der Waals surface area contributed by atoms with Crippen molar-refractivity contribution in [2.45, 2.75) is 96.9 Å². The Kier molecular flexibility index (Phi) is 22.0. The molecule has 0 aliphatic rings. The maximum Gasteiger partial charge on any atom is 0.135 e. The lowest BCUT2D eigenvalue weighted by Crippen LogP contribution is -1.86. The predicted molar refractivity (Wildman–Crippen MR) is 415 cm³/mol. The highest BCUT2D eigenvalue weighted by Crippen LogP contribution is 2.35. The molecule has 16 rings (SSSR count).